The molecule has 2 fully saturated rings. The molecule has 0 bridgehead atoms. The minimum Gasteiger partial charge on any atom is -0.486 e. The molecule has 7 heteroatoms. The predicted octanol–water partition coefficient (Wildman–Crippen LogP) is 3.77. The van der Waals surface area contributed by atoms with Crippen LogP contribution in [0.15, 0.2) is 30.6 Å². The molecule has 1 amide bonds. The van der Waals surface area contributed by atoms with Gasteiger partial charge in [0.25, 0.3) is 0 Å². The van der Waals surface area contributed by atoms with E-state index in [2.05, 4.69) is 5.10 Å². The number of hydrogen-bond donors (Lipinski definition) is 0. The first-order chi connectivity index (χ1) is 14.0. The van der Waals surface area contributed by atoms with Crippen LogP contribution in [0.1, 0.15) is 42.9 Å². The molecule has 0 saturated carbocycles. The summed E-state index contributed by atoms with van der Waals surface area (Å²) >= 11 is 6.24. The number of fused-ring (bicyclic) bond motifs is 4. The lowest BCUT2D eigenvalue weighted by Gasteiger charge is -2.53. The van der Waals surface area contributed by atoms with Crippen LogP contribution in [-0.4, -0.2) is 45.9 Å². The number of aryl methyl sites for hydroxylation is 1. The Kier molecular flexibility index (Phi) is 4.79. The fraction of sp³-hybridized carbons (Fsp3) is 0.545. The number of piperidine rings is 1. The molecule has 2 saturated heterocycles. The molecule has 2 atom stereocenters. The third-order valence-corrected chi connectivity index (χ3v) is 6.85. The number of ether oxygens (including phenoxy) is 2. The lowest BCUT2D eigenvalue weighted by molar-refractivity contribution is -0.157. The molecule has 29 heavy (non-hydrogen) atoms. The van der Waals surface area contributed by atoms with Crippen molar-refractivity contribution in [2.24, 2.45) is 5.92 Å². The molecular weight excluding hydrogens is 390 g/mol. The molecule has 1 aromatic carbocycles. The van der Waals surface area contributed by atoms with E-state index in [9.17, 15) is 4.79 Å². The number of benzene rings is 1. The van der Waals surface area contributed by atoms with Gasteiger partial charge in [-0.15, -0.1) is 0 Å². The van der Waals surface area contributed by atoms with Gasteiger partial charge in [0.2, 0.25) is 5.91 Å². The summed E-state index contributed by atoms with van der Waals surface area (Å²) in [5.41, 5.74) is 1.86. The zero-order valence-corrected chi connectivity index (χ0v) is 17.4. The summed E-state index contributed by atoms with van der Waals surface area (Å²) in [4.78, 5) is 14.7. The van der Waals surface area contributed by atoms with Crippen molar-refractivity contribution in [3.05, 3.63) is 46.7 Å². The highest BCUT2D eigenvalue weighted by molar-refractivity contribution is 6.30. The van der Waals surface area contributed by atoms with Gasteiger partial charge in [0, 0.05) is 55.2 Å². The molecular formula is C22H26ClN3O3. The fourth-order valence-corrected chi connectivity index (χ4v) is 5.34. The van der Waals surface area contributed by atoms with Crippen LogP contribution in [0.2, 0.25) is 5.02 Å². The summed E-state index contributed by atoms with van der Waals surface area (Å²) in [7, 11) is 0. The zero-order valence-electron chi connectivity index (χ0n) is 16.6. The van der Waals surface area contributed by atoms with Crippen molar-refractivity contribution < 1.29 is 14.3 Å². The zero-order chi connectivity index (χ0) is 20.0. The van der Waals surface area contributed by atoms with Crippen LogP contribution >= 0.6 is 11.6 Å². The van der Waals surface area contributed by atoms with E-state index in [0.29, 0.717) is 24.0 Å². The van der Waals surface area contributed by atoms with Crippen LogP contribution in [-0.2, 0) is 16.1 Å². The van der Waals surface area contributed by atoms with Gasteiger partial charge in [0.05, 0.1) is 12.3 Å². The molecule has 6 nitrogen and oxygen atoms in total. The Morgan fingerprint density at radius 2 is 2.17 bits per heavy atom. The molecule has 0 radical (unpaired) electrons. The smallest absolute Gasteiger partial charge is 0.244 e. The third-order valence-electron chi connectivity index (χ3n) is 6.61. The minimum atomic E-state index is -0.273. The molecule has 2 aromatic rings. The van der Waals surface area contributed by atoms with Crippen LogP contribution in [0, 0.1) is 12.8 Å². The number of hydrogen-bond acceptors (Lipinski definition) is 4. The van der Waals surface area contributed by atoms with Gasteiger partial charge in [-0.1, -0.05) is 11.6 Å². The first kappa shape index (κ1) is 18.9. The second kappa shape index (κ2) is 7.33. The van der Waals surface area contributed by atoms with Gasteiger partial charge in [0.15, 0.2) is 0 Å². The highest BCUT2D eigenvalue weighted by atomic mass is 35.5. The summed E-state index contributed by atoms with van der Waals surface area (Å²) < 4.78 is 14.6. The number of likely N-dealkylation sites (tertiary alicyclic amines) is 1. The van der Waals surface area contributed by atoms with Gasteiger partial charge >= 0.3 is 0 Å². The van der Waals surface area contributed by atoms with Crippen molar-refractivity contribution in [2.45, 2.75) is 50.9 Å². The Morgan fingerprint density at radius 1 is 1.34 bits per heavy atom. The van der Waals surface area contributed by atoms with Crippen LogP contribution < -0.4 is 4.74 Å². The Balaban J connectivity index is 1.34. The van der Waals surface area contributed by atoms with Crippen molar-refractivity contribution >= 4 is 17.5 Å². The van der Waals surface area contributed by atoms with E-state index in [-0.39, 0.29) is 24.2 Å². The summed E-state index contributed by atoms with van der Waals surface area (Å²) in [6, 6.07) is 5.82. The number of nitrogens with zero attached hydrogens (tertiary/aromatic N) is 3. The van der Waals surface area contributed by atoms with E-state index in [1.54, 1.807) is 10.9 Å². The second-order valence-electron chi connectivity index (χ2n) is 8.49. The van der Waals surface area contributed by atoms with Crippen molar-refractivity contribution in [3.63, 3.8) is 0 Å². The van der Waals surface area contributed by atoms with E-state index >= 15 is 0 Å². The van der Waals surface area contributed by atoms with E-state index in [1.165, 1.54) is 0 Å². The first-order valence-corrected chi connectivity index (χ1v) is 10.8. The standard InChI is InChI=1S/C22H26ClN3O3/c1-15-12-24-26(13-15)14-20(27)25-8-6-22(7-9-25)18-3-2-10-28-21(18)17-11-16(23)4-5-19(17)29-22/h4-5,11-13,18,21H,2-3,6-10,14H2,1H3/t18-,21+/m0/s1. The third kappa shape index (κ3) is 3.42. The Morgan fingerprint density at radius 3 is 2.93 bits per heavy atom. The van der Waals surface area contributed by atoms with E-state index < -0.39 is 0 Å². The number of carbonyl (C=O) groups is 1. The highest BCUT2D eigenvalue weighted by Gasteiger charge is 2.52. The van der Waals surface area contributed by atoms with Gasteiger partial charge < -0.3 is 14.4 Å². The van der Waals surface area contributed by atoms with Crippen molar-refractivity contribution in [2.75, 3.05) is 19.7 Å². The summed E-state index contributed by atoms with van der Waals surface area (Å²) in [6.07, 6.45) is 7.48. The largest absolute Gasteiger partial charge is 0.486 e. The van der Waals surface area contributed by atoms with Crippen LogP contribution in [0.4, 0.5) is 0 Å². The normalized spacial score (nSPS) is 25.2. The van der Waals surface area contributed by atoms with Gasteiger partial charge in [-0.3, -0.25) is 9.48 Å². The number of carbonyl (C=O) groups excluding carboxylic acids is 1. The first-order valence-electron chi connectivity index (χ1n) is 10.4. The van der Waals surface area contributed by atoms with Crippen LogP contribution in [0.25, 0.3) is 0 Å². The molecule has 0 unspecified atom stereocenters. The second-order valence-corrected chi connectivity index (χ2v) is 8.92. The number of amides is 1. The quantitative estimate of drug-likeness (QED) is 0.749. The van der Waals surface area contributed by atoms with Crippen molar-refractivity contribution in [3.8, 4) is 5.75 Å². The van der Waals surface area contributed by atoms with Crippen LogP contribution in [0.5, 0.6) is 5.75 Å². The summed E-state index contributed by atoms with van der Waals surface area (Å²) in [5, 5.41) is 4.95. The lowest BCUT2D eigenvalue weighted by atomic mass is 9.70. The molecule has 0 aliphatic carbocycles. The van der Waals surface area contributed by atoms with Crippen molar-refractivity contribution in [1.29, 1.82) is 0 Å². The Bertz CT molecular complexity index is 920. The van der Waals surface area contributed by atoms with E-state index in [0.717, 1.165) is 49.2 Å². The number of aromatic nitrogens is 2. The molecule has 5 rings (SSSR count). The van der Waals surface area contributed by atoms with Gasteiger partial charge in [0.1, 0.15) is 17.9 Å². The molecule has 3 aliphatic rings. The average Bonchev–Trinajstić information content (AvgIpc) is 3.14. The number of halogens is 1. The van der Waals surface area contributed by atoms with Gasteiger partial charge in [-0.2, -0.15) is 5.10 Å². The monoisotopic (exact) mass is 415 g/mol. The van der Waals surface area contributed by atoms with Gasteiger partial charge in [-0.05, 0) is 43.5 Å². The molecule has 4 heterocycles. The number of rotatable bonds is 2. The molecule has 0 N–H and O–H groups in total. The Hall–Kier alpha value is -2.05. The lowest BCUT2D eigenvalue weighted by Crippen LogP contribution is -2.58. The SMILES string of the molecule is Cc1cnn(CC(=O)N2CCC3(CC2)Oc2ccc(Cl)cc2[C@H]2OCCC[C@@H]23)c1. The Labute approximate surface area is 175 Å². The molecule has 3 aliphatic heterocycles. The highest BCUT2D eigenvalue weighted by Crippen LogP contribution is 2.53. The van der Waals surface area contributed by atoms with Gasteiger partial charge in [-0.25, -0.2) is 0 Å². The predicted molar refractivity (Wildman–Crippen MR) is 109 cm³/mol. The summed E-state index contributed by atoms with van der Waals surface area (Å²) in [5.74, 6) is 1.29. The minimum absolute atomic E-state index is 0.0282. The fourth-order valence-electron chi connectivity index (χ4n) is 5.16. The van der Waals surface area contributed by atoms with Crippen LogP contribution in [0.3, 0.4) is 0 Å². The average molecular weight is 416 g/mol. The summed E-state index contributed by atoms with van der Waals surface area (Å²) in [6.45, 7) is 4.44. The maximum Gasteiger partial charge on any atom is 0.244 e. The maximum absolute atomic E-state index is 12.8. The maximum atomic E-state index is 12.8. The van der Waals surface area contributed by atoms with Crippen molar-refractivity contribution in [1.82, 2.24) is 14.7 Å². The van der Waals surface area contributed by atoms with E-state index in [1.807, 2.05) is 36.2 Å². The molecule has 1 spiro atoms. The van der Waals surface area contributed by atoms with E-state index in [4.69, 9.17) is 21.1 Å². The topological polar surface area (TPSA) is 56.6 Å². The molecule has 1 aromatic heterocycles. The molecule has 154 valence electrons.